The third kappa shape index (κ3) is 3.53. The first-order valence-corrected chi connectivity index (χ1v) is 6.78. The molecule has 0 radical (unpaired) electrons. The highest BCUT2D eigenvalue weighted by molar-refractivity contribution is 7.80. The summed E-state index contributed by atoms with van der Waals surface area (Å²) >= 11 is 11.0. The van der Waals surface area contributed by atoms with Gasteiger partial charge in [0.2, 0.25) is 0 Å². The number of halogens is 1. The summed E-state index contributed by atoms with van der Waals surface area (Å²) in [6, 6.07) is 6.97. The standard InChI is InChI=1S/C14H14ClN3O2S/c1-19-11-6-10(12(20-2)5-9(11)15)18-13-4-3-8(7-17-13)14(16)21/h3-7H,1-2H3,(H2,16,21)(H,17,18). The Bertz CT molecular complexity index is 662. The number of nitrogens with one attached hydrogen (secondary N) is 1. The van der Waals surface area contributed by atoms with Crippen LogP contribution in [0, 0.1) is 0 Å². The summed E-state index contributed by atoms with van der Waals surface area (Å²) in [6.07, 6.45) is 1.60. The number of hydrogen-bond acceptors (Lipinski definition) is 5. The number of methoxy groups -OCH3 is 2. The molecular weight excluding hydrogens is 310 g/mol. The number of nitrogens with zero attached hydrogens (tertiary/aromatic N) is 1. The Kier molecular flexibility index (Phi) is 4.82. The molecule has 5 nitrogen and oxygen atoms in total. The van der Waals surface area contributed by atoms with Crippen LogP contribution in [0.5, 0.6) is 11.5 Å². The first-order chi connectivity index (χ1) is 10.0. The number of ether oxygens (including phenoxy) is 2. The van der Waals surface area contributed by atoms with Crippen molar-refractivity contribution in [3.63, 3.8) is 0 Å². The van der Waals surface area contributed by atoms with Crippen molar-refractivity contribution in [3.05, 3.63) is 41.0 Å². The van der Waals surface area contributed by atoms with Crippen molar-refractivity contribution >= 4 is 40.3 Å². The Balaban J connectivity index is 2.31. The normalized spacial score (nSPS) is 10.0. The molecule has 0 saturated heterocycles. The van der Waals surface area contributed by atoms with Crippen molar-refractivity contribution in [3.8, 4) is 11.5 Å². The number of rotatable bonds is 5. The summed E-state index contributed by atoms with van der Waals surface area (Å²) in [5.41, 5.74) is 6.93. The van der Waals surface area contributed by atoms with E-state index >= 15 is 0 Å². The van der Waals surface area contributed by atoms with E-state index in [1.165, 1.54) is 0 Å². The van der Waals surface area contributed by atoms with Gasteiger partial charge in [0.1, 0.15) is 22.3 Å². The number of aromatic nitrogens is 1. The van der Waals surface area contributed by atoms with Gasteiger partial charge in [-0.2, -0.15) is 0 Å². The van der Waals surface area contributed by atoms with E-state index in [-0.39, 0.29) is 0 Å². The molecule has 7 heteroatoms. The second-order valence-corrected chi connectivity index (χ2v) is 4.96. The number of anilines is 2. The molecule has 0 aliphatic rings. The predicted molar refractivity (Wildman–Crippen MR) is 88.0 cm³/mol. The van der Waals surface area contributed by atoms with Gasteiger partial charge in [-0.25, -0.2) is 4.98 Å². The van der Waals surface area contributed by atoms with Gasteiger partial charge in [0.15, 0.2) is 0 Å². The third-order valence-corrected chi connectivity index (χ3v) is 3.32. The second kappa shape index (κ2) is 6.60. The van der Waals surface area contributed by atoms with Crippen molar-refractivity contribution in [2.24, 2.45) is 5.73 Å². The average molecular weight is 324 g/mol. The smallest absolute Gasteiger partial charge is 0.144 e. The highest BCUT2D eigenvalue weighted by Crippen LogP contribution is 2.36. The molecule has 2 aromatic rings. The lowest BCUT2D eigenvalue weighted by Gasteiger charge is -2.13. The zero-order valence-corrected chi connectivity index (χ0v) is 13.1. The van der Waals surface area contributed by atoms with Crippen LogP contribution in [0.25, 0.3) is 0 Å². The molecule has 0 fully saturated rings. The van der Waals surface area contributed by atoms with Crippen molar-refractivity contribution in [1.29, 1.82) is 0 Å². The fourth-order valence-electron chi connectivity index (χ4n) is 1.71. The zero-order valence-electron chi connectivity index (χ0n) is 11.5. The summed E-state index contributed by atoms with van der Waals surface area (Å²) in [5, 5.41) is 3.60. The fourth-order valence-corrected chi connectivity index (χ4v) is 2.06. The van der Waals surface area contributed by atoms with E-state index in [0.29, 0.717) is 38.6 Å². The van der Waals surface area contributed by atoms with E-state index in [4.69, 9.17) is 39.0 Å². The molecule has 21 heavy (non-hydrogen) atoms. The second-order valence-electron chi connectivity index (χ2n) is 4.11. The van der Waals surface area contributed by atoms with Crippen LogP contribution in [0.4, 0.5) is 11.5 Å². The van der Waals surface area contributed by atoms with E-state index in [9.17, 15) is 0 Å². The largest absolute Gasteiger partial charge is 0.495 e. The maximum Gasteiger partial charge on any atom is 0.144 e. The molecule has 2 rings (SSSR count). The van der Waals surface area contributed by atoms with E-state index < -0.39 is 0 Å². The lowest BCUT2D eigenvalue weighted by Crippen LogP contribution is -2.09. The molecule has 0 aliphatic heterocycles. The minimum atomic E-state index is 0.305. The molecule has 0 amide bonds. The van der Waals surface area contributed by atoms with E-state index in [2.05, 4.69) is 10.3 Å². The molecule has 0 unspecified atom stereocenters. The van der Waals surface area contributed by atoms with E-state index in [1.807, 2.05) is 0 Å². The predicted octanol–water partition coefficient (Wildman–Crippen LogP) is 3.13. The quantitative estimate of drug-likeness (QED) is 0.824. The van der Waals surface area contributed by atoms with Gasteiger partial charge in [0, 0.05) is 23.9 Å². The average Bonchev–Trinajstić information content (AvgIpc) is 2.49. The first kappa shape index (κ1) is 15.3. The van der Waals surface area contributed by atoms with Crippen LogP contribution in [0.15, 0.2) is 30.5 Å². The number of benzene rings is 1. The van der Waals surface area contributed by atoms with Gasteiger partial charge in [0.05, 0.1) is 24.9 Å². The van der Waals surface area contributed by atoms with Crippen LogP contribution >= 0.6 is 23.8 Å². The highest BCUT2D eigenvalue weighted by Gasteiger charge is 2.10. The summed E-state index contributed by atoms with van der Waals surface area (Å²) in [5.74, 6) is 1.75. The van der Waals surface area contributed by atoms with Gasteiger partial charge in [-0.1, -0.05) is 23.8 Å². The number of pyridine rings is 1. The lowest BCUT2D eigenvalue weighted by atomic mass is 10.2. The Hall–Kier alpha value is -2.05. The highest BCUT2D eigenvalue weighted by atomic mass is 35.5. The van der Waals surface area contributed by atoms with Gasteiger partial charge >= 0.3 is 0 Å². The van der Waals surface area contributed by atoms with Gasteiger partial charge in [-0.3, -0.25) is 0 Å². The van der Waals surface area contributed by atoms with Crippen LogP contribution in [0.3, 0.4) is 0 Å². The Morgan fingerprint density at radius 3 is 2.48 bits per heavy atom. The molecular formula is C14H14ClN3O2S. The van der Waals surface area contributed by atoms with Gasteiger partial charge < -0.3 is 20.5 Å². The van der Waals surface area contributed by atoms with Crippen LogP contribution in [-0.2, 0) is 0 Å². The Morgan fingerprint density at radius 1 is 1.24 bits per heavy atom. The summed E-state index contributed by atoms with van der Waals surface area (Å²) in [6.45, 7) is 0. The molecule has 110 valence electrons. The molecule has 0 saturated carbocycles. The topological polar surface area (TPSA) is 69.4 Å². The van der Waals surface area contributed by atoms with Gasteiger partial charge in [0.25, 0.3) is 0 Å². The first-order valence-electron chi connectivity index (χ1n) is 5.99. The van der Waals surface area contributed by atoms with Crippen molar-refractivity contribution in [2.75, 3.05) is 19.5 Å². The Labute approximate surface area is 133 Å². The number of nitrogens with two attached hydrogens (primary N) is 1. The monoisotopic (exact) mass is 323 g/mol. The van der Waals surface area contributed by atoms with Crippen molar-refractivity contribution in [2.45, 2.75) is 0 Å². The number of hydrogen-bond donors (Lipinski definition) is 2. The van der Waals surface area contributed by atoms with Crippen LogP contribution < -0.4 is 20.5 Å². The molecule has 3 N–H and O–H groups in total. The molecule has 1 aromatic heterocycles. The molecule has 0 spiro atoms. The summed E-state index contributed by atoms with van der Waals surface area (Å²) in [7, 11) is 3.11. The molecule has 1 aromatic carbocycles. The van der Waals surface area contributed by atoms with E-state index in [1.54, 1.807) is 44.7 Å². The minimum absolute atomic E-state index is 0.305. The maximum atomic E-state index is 6.06. The van der Waals surface area contributed by atoms with Gasteiger partial charge in [-0.05, 0) is 12.1 Å². The zero-order chi connectivity index (χ0) is 15.4. The van der Waals surface area contributed by atoms with Crippen molar-refractivity contribution < 1.29 is 9.47 Å². The van der Waals surface area contributed by atoms with Crippen molar-refractivity contribution in [1.82, 2.24) is 4.98 Å². The fraction of sp³-hybridized carbons (Fsp3) is 0.143. The number of thiocarbonyl (C=S) groups is 1. The third-order valence-electron chi connectivity index (χ3n) is 2.78. The Morgan fingerprint density at radius 2 is 1.95 bits per heavy atom. The molecule has 1 heterocycles. The summed E-state index contributed by atoms with van der Waals surface area (Å²) < 4.78 is 10.5. The molecule has 0 aliphatic carbocycles. The van der Waals surface area contributed by atoms with Gasteiger partial charge in [-0.15, -0.1) is 0 Å². The van der Waals surface area contributed by atoms with E-state index in [0.717, 1.165) is 0 Å². The SMILES string of the molecule is COc1cc(Nc2ccc(C(N)=S)cn2)c(OC)cc1Cl. The maximum absolute atomic E-state index is 6.06. The lowest BCUT2D eigenvalue weighted by molar-refractivity contribution is 0.405. The van der Waals surface area contributed by atoms with Crippen LogP contribution in [0.2, 0.25) is 5.02 Å². The molecule has 0 bridgehead atoms. The minimum Gasteiger partial charge on any atom is -0.495 e. The van der Waals surface area contributed by atoms with Crippen LogP contribution in [0.1, 0.15) is 5.56 Å². The molecule has 0 atom stereocenters. The van der Waals surface area contributed by atoms with Crippen LogP contribution in [-0.4, -0.2) is 24.2 Å². The summed E-state index contributed by atoms with van der Waals surface area (Å²) in [4.78, 5) is 4.55.